The van der Waals surface area contributed by atoms with Gasteiger partial charge < -0.3 is 14.7 Å². The number of hydrogen-bond acceptors (Lipinski definition) is 4. The Bertz CT molecular complexity index is 1230. The van der Waals surface area contributed by atoms with Gasteiger partial charge in [-0.25, -0.2) is 18.5 Å². The zero-order valence-electron chi connectivity index (χ0n) is 21.1. The molecule has 0 bridgehead atoms. The van der Waals surface area contributed by atoms with Gasteiger partial charge in [0.2, 0.25) is 0 Å². The van der Waals surface area contributed by atoms with Crippen molar-refractivity contribution in [2.75, 3.05) is 24.5 Å². The van der Waals surface area contributed by atoms with E-state index < -0.39 is 17.4 Å². The van der Waals surface area contributed by atoms with Crippen LogP contribution in [0.1, 0.15) is 37.3 Å². The number of hydrogen-bond donors (Lipinski definition) is 1. The van der Waals surface area contributed by atoms with Gasteiger partial charge in [0.25, 0.3) is 0 Å². The Morgan fingerprint density at radius 2 is 1.45 bits per heavy atom. The van der Waals surface area contributed by atoms with E-state index in [4.69, 9.17) is 4.74 Å². The number of ether oxygens (including phenoxy) is 1. The quantitative estimate of drug-likeness (QED) is 0.392. The average molecular weight is 541 g/mol. The molecule has 0 aliphatic carbocycles. The van der Waals surface area contributed by atoms with Gasteiger partial charge in [-0.3, -0.25) is 0 Å². The van der Waals surface area contributed by atoms with Gasteiger partial charge in [-0.2, -0.15) is 0 Å². The highest BCUT2D eigenvalue weighted by atomic mass is 35.5. The van der Waals surface area contributed by atoms with Crippen LogP contribution in [0.15, 0.2) is 84.9 Å². The summed E-state index contributed by atoms with van der Waals surface area (Å²) < 4.78 is 32.8. The van der Waals surface area contributed by atoms with E-state index in [1.54, 1.807) is 43.3 Å². The second kappa shape index (κ2) is 11.2. The maximum absolute atomic E-state index is 13.5. The lowest BCUT2D eigenvalue weighted by atomic mass is 9.81. The first-order valence-electron chi connectivity index (χ1n) is 12.5. The zero-order chi connectivity index (χ0) is 26.0. The molecule has 3 aromatic carbocycles. The maximum atomic E-state index is 13.5. The van der Waals surface area contributed by atoms with Gasteiger partial charge in [-0.05, 0) is 66.4 Å². The molecule has 2 aliphatic heterocycles. The Morgan fingerprint density at radius 3 is 1.97 bits per heavy atom. The molecule has 1 spiro atoms. The topological polar surface area (TPSA) is 53.0 Å². The number of carbonyl (C=O) groups excluding carboxylic acids is 1. The maximum Gasteiger partial charge on any atom is 0.417 e. The van der Waals surface area contributed by atoms with Crippen LogP contribution in [0, 0.1) is 11.6 Å². The van der Waals surface area contributed by atoms with Crippen molar-refractivity contribution >= 4 is 29.8 Å². The molecule has 3 aromatic rings. The molecule has 2 aliphatic rings. The highest BCUT2D eigenvalue weighted by Gasteiger charge is 2.63. The summed E-state index contributed by atoms with van der Waals surface area (Å²) in [6.07, 6.45) is 3.32. The van der Waals surface area contributed by atoms with Crippen LogP contribution >= 0.6 is 12.4 Å². The fourth-order valence-electron chi connectivity index (χ4n) is 5.39. The fraction of sp³-hybridized carbons (Fsp3) is 0.300. The molecule has 1 N–H and O–H groups in total. The minimum absolute atomic E-state index is 0. The molecule has 1 unspecified atom stereocenters. The molecule has 1 amide bonds. The van der Waals surface area contributed by atoms with E-state index in [0.29, 0.717) is 31.6 Å². The zero-order valence-corrected chi connectivity index (χ0v) is 22.0. The average Bonchev–Trinajstić information content (AvgIpc) is 3.08. The minimum atomic E-state index is -1.46. The molecule has 200 valence electrons. The third-order valence-electron chi connectivity index (χ3n) is 7.55. The summed E-state index contributed by atoms with van der Waals surface area (Å²) in [7, 11) is 0. The summed E-state index contributed by atoms with van der Waals surface area (Å²) >= 11 is 0. The molecule has 0 aromatic heterocycles. The smallest absolute Gasteiger partial charge is 0.417 e. The monoisotopic (exact) mass is 540 g/mol. The summed E-state index contributed by atoms with van der Waals surface area (Å²) in [6.45, 7) is 3.76. The number of anilines is 1. The Balaban J connectivity index is 0.00000336. The molecule has 38 heavy (non-hydrogen) atoms. The Labute approximate surface area is 227 Å². The number of piperidine rings is 1. The van der Waals surface area contributed by atoms with Gasteiger partial charge in [0.05, 0.1) is 5.69 Å². The molecule has 5 nitrogen and oxygen atoms in total. The standard InChI is InChI=1S/C30H30F2N2O3.ClH/c1-29(36)30(37-28(35)34(29)26-6-3-2-4-7-26)17-20-33(21-18-30)19-5-8-27(22-9-13-24(31)14-10-22)23-11-15-25(32)16-12-23;/h2-4,6-16,36H,5,17-21H2,1H3;1H. The van der Waals surface area contributed by atoms with Crippen LogP contribution in [-0.2, 0) is 4.74 Å². The van der Waals surface area contributed by atoms with Crippen LogP contribution in [0.5, 0.6) is 0 Å². The summed E-state index contributed by atoms with van der Waals surface area (Å²) in [5, 5.41) is 11.5. The highest BCUT2D eigenvalue weighted by molar-refractivity contribution is 5.92. The second-order valence-electron chi connectivity index (χ2n) is 9.82. The number of carbonyl (C=O) groups is 1. The second-order valence-corrected chi connectivity index (χ2v) is 9.82. The summed E-state index contributed by atoms with van der Waals surface area (Å²) in [4.78, 5) is 16.4. The first kappa shape index (κ1) is 27.8. The van der Waals surface area contributed by atoms with E-state index in [1.807, 2.05) is 18.2 Å². The molecule has 2 saturated heterocycles. The predicted octanol–water partition coefficient (Wildman–Crippen LogP) is 6.41. The van der Waals surface area contributed by atoms with Gasteiger partial charge in [0, 0.05) is 32.5 Å². The summed E-state index contributed by atoms with van der Waals surface area (Å²) in [6, 6.07) is 21.7. The van der Waals surface area contributed by atoms with Crippen LogP contribution in [-0.4, -0.2) is 47.1 Å². The lowest BCUT2D eigenvalue weighted by molar-refractivity contribution is -0.124. The SMILES string of the molecule is CC1(O)N(c2ccccc2)C(=O)OC12CCN(CCC=C(c1ccc(F)cc1)c1ccc(F)cc1)CC2.Cl. The number of para-hydroxylation sites is 1. The van der Waals surface area contributed by atoms with Crippen molar-refractivity contribution in [1.82, 2.24) is 4.90 Å². The molecule has 8 heteroatoms. The molecule has 0 saturated carbocycles. The third-order valence-corrected chi connectivity index (χ3v) is 7.55. The van der Waals surface area contributed by atoms with Crippen molar-refractivity contribution in [3.05, 3.63) is 108 Å². The van der Waals surface area contributed by atoms with E-state index in [1.165, 1.54) is 29.2 Å². The number of aliphatic hydroxyl groups is 1. The normalized spacial score (nSPS) is 20.6. The van der Waals surface area contributed by atoms with Gasteiger partial charge >= 0.3 is 6.09 Å². The van der Waals surface area contributed by atoms with E-state index in [9.17, 15) is 18.7 Å². The molecule has 2 fully saturated rings. The minimum Gasteiger partial charge on any atom is -0.437 e. The first-order valence-corrected chi connectivity index (χ1v) is 12.5. The number of amides is 1. The molecule has 1 atom stereocenters. The van der Waals surface area contributed by atoms with E-state index in [2.05, 4.69) is 11.0 Å². The van der Waals surface area contributed by atoms with Crippen molar-refractivity contribution in [2.45, 2.75) is 37.5 Å². The Morgan fingerprint density at radius 1 is 0.921 bits per heavy atom. The molecular formula is C30H31ClF2N2O3. The van der Waals surface area contributed by atoms with Crippen LogP contribution in [0.25, 0.3) is 5.57 Å². The predicted molar refractivity (Wildman–Crippen MR) is 146 cm³/mol. The van der Waals surface area contributed by atoms with Crippen molar-refractivity contribution in [1.29, 1.82) is 0 Å². The lowest BCUT2D eigenvalue weighted by Gasteiger charge is -2.44. The number of halogens is 3. The summed E-state index contributed by atoms with van der Waals surface area (Å²) in [5.74, 6) is -0.613. The van der Waals surface area contributed by atoms with Crippen LogP contribution in [0.4, 0.5) is 19.3 Å². The lowest BCUT2D eigenvalue weighted by Crippen LogP contribution is -2.60. The number of likely N-dealkylation sites (tertiary alicyclic amines) is 1. The van der Waals surface area contributed by atoms with E-state index in [0.717, 1.165) is 29.7 Å². The Hall–Kier alpha value is -3.26. The Kier molecular flexibility index (Phi) is 8.21. The number of rotatable bonds is 6. The van der Waals surface area contributed by atoms with Gasteiger partial charge in [0.1, 0.15) is 11.6 Å². The van der Waals surface area contributed by atoms with Crippen molar-refractivity contribution in [2.24, 2.45) is 0 Å². The van der Waals surface area contributed by atoms with Crippen LogP contribution in [0.3, 0.4) is 0 Å². The van der Waals surface area contributed by atoms with E-state index in [-0.39, 0.29) is 24.0 Å². The van der Waals surface area contributed by atoms with Gasteiger partial charge in [-0.1, -0.05) is 48.5 Å². The third kappa shape index (κ3) is 5.32. The van der Waals surface area contributed by atoms with Crippen LogP contribution < -0.4 is 4.90 Å². The number of benzene rings is 3. The van der Waals surface area contributed by atoms with Gasteiger partial charge in [0.15, 0.2) is 11.3 Å². The van der Waals surface area contributed by atoms with Crippen molar-refractivity contribution in [3.8, 4) is 0 Å². The molecule has 5 rings (SSSR count). The number of nitrogens with zero attached hydrogens (tertiary/aromatic N) is 2. The van der Waals surface area contributed by atoms with Crippen molar-refractivity contribution in [3.63, 3.8) is 0 Å². The molecular weight excluding hydrogens is 510 g/mol. The van der Waals surface area contributed by atoms with E-state index >= 15 is 0 Å². The summed E-state index contributed by atoms with van der Waals surface area (Å²) in [5.41, 5.74) is 0.812. The van der Waals surface area contributed by atoms with Gasteiger partial charge in [-0.15, -0.1) is 12.4 Å². The highest BCUT2D eigenvalue weighted by Crippen LogP contribution is 2.46. The molecule has 0 radical (unpaired) electrons. The first-order chi connectivity index (χ1) is 17.8. The van der Waals surface area contributed by atoms with Crippen LogP contribution in [0.2, 0.25) is 0 Å². The largest absolute Gasteiger partial charge is 0.437 e. The molecule has 2 heterocycles. The van der Waals surface area contributed by atoms with Crippen molar-refractivity contribution < 1.29 is 23.4 Å². The fourth-order valence-corrected chi connectivity index (χ4v) is 5.39.